The van der Waals surface area contributed by atoms with Crippen LogP contribution in [0, 0.1) is 0 Å². The van der Waals surface area contributed by atoms with Crippen molar-refractivity contribution in [2.45, 2.75) is 37.9 Å². The summed E-state index contributed by atoms with van der Waals surface area (Å²) in [7, 11) is 3.14. The van der Waals surface area contributed by atoms with Gasteiger partial charge in [0, 0.05) is 43.0 Å². The van der Waals surface area contributed by atoms with Crippen molar-refractivity contribution in [1.82, 2.24) is 15.2 Å². The maximum atomic E-state index is 12.9. The molecular weight excluding hydrogens is 416 g/mol. The summed E-state index contributed by atoms with van der Waals surface area (Å²) in [6, 6.07) is 6.50. The predicted octanol–water partition coefficient (Wildman–Crippen LogP) is 2.06. The van der Waals surface area contributed by atoms with Crippen molar-refractivity contribution in [2.24, 2.45) is 0 Å². The molecule has 0 spiro atoms. The second-order valence-corrected chi connectivity index (χ2v) is 9.22. The van der Waals surface area contributed by atoms with Crippen LogP contribution >= 0.6 is 11.3 Å². The number of rotatable bonds is 6. The fourth-order valence-corrected chi connectivity index (χ4v) is 6.05. The molecule has 1 aromatic heterocycles. The van der Waals surface area contributed by atoms with Crippen LogP contribution in [0.5, 0.6) is 17.2 Å². The second kappa shape index (κ2) is 8.55. The Bertz CT molecular complexity index is 927. The number of carbonyl (C=O) groups excluding carboxylic acids is 1. The van der Waals surface area contributed by atoms with Gasteiger partial charge in [0.25, 0.3) is 5.91 Å². The van der Waals surface area contributed by atoms with Crippen LogP contribution in [0.3, 0.4) is 0 Å². The van der Waals surface area contributed by atoms with Gasteiger partial charge in [-0.1, -0.05) is 17.4 Å². The predicted molar refractivity (Wildman–Crippen MR) is 118 cm³/mol. The summed E-state index contributed by atoms with van der Waals surface area (Å²) in [6.45, 7) is 3.28. The Balaban J connectivity index is 1.25. The van der Waals surface area contributed by atoms with Crippen LogP contribution in [0.4, 0.5) is 5.13 Å². The van der Waals surface area contributed by atoms with Gasteiger partial charge in [0.2, 0.25) is 5.75 Å². The van der Waals surface area contributed by atoms with E-state index in [9.17, 15) is 4.79 Å². The zero-order chi connectivity index (χ0) is 21.4. The highest BCUT2D eigenvalue weighted by molar-refractivity contribution is 7.15. The summed E-state index contributed by atoms with van der Waals surface area (Å²) in [6.07, 6.45) is 3.25. The van der Waals surface area contributed by atoms with Crippen molar-refractivity contribution >= 4 is 22.4 Å². The highest BCUT2D eigenvalue weighted by Gasteiger charge is 2.39. The van der Waals surface area contributed by atoms with Gasteiger partial charge in [-0.2, -0.15) is 0 Å². The third-order valence-corrected chi connectivity index (χ3v) is 7.49. The van der Waals surface area contributed by atoms with E-state index in [1.165, 1.54) is 17.7 Å². The first-order valence-electron chi connectivity index (χ1n) is 10.8. The van der Waals surface area contributed by atoms with Crippen LogP contribution in [-0.4, -0.2) is 68.3 Å². The molecule has 2 aromatic rings. The van der Waals surface area contributed by atoms with Crippen molar-refractivity contribution in [3.8, 4) is 17.2 Å². The number of benzene rings is 1. The lowest BCUT2D eigenvalue weighted by atomic mass is 10.2. The average Bonchev–Trinajstić information content (AvgIpc) is 3.33. The number of methoxy groups -OCH3 is 2. The van der Waals surface area contributed by atoms with Crippen molar-refractivity contribution in [3.63, 3.8) is 0 Å². The molecule has 3 aliphatic rings. The molecule has 0 radical (unpaired) electrons. The number of para-hydroxylation sites is 1. The number of anilines is 1. The minimum Gasteiger partial charge on any atom is -0.493 e. The Hall–Kier alpha value is -2.52. The Morgan fingerprint density at radius 1 is 1.19 bits per heavy atom. The van der Waals surface area contributed by atoms with E-state index in [2.05, 4.69) is 10.2 Å². The number of amides is 1. The van der Waals surface area contributed by atoms with Gasteiger partial charge in [-0.3, -0.25) is 4.79 Å². The van der Waals surface area contributed by atoms with E-state index < -0.39 is 0 Å². The van der Waals surface area contributed by atoms with E-state index in [0.717, 1.165) is 30.3 Å². The minimum atomic E-state index is -0.0559. The van der Waals surface area contributed by atoms with Gasteiger partial charge in [0.1, 0.15) is 0 Å². The molecule has 4 heterocycles. The molecule has 2 unspecified atom stereocenters. The molecular formula is C22H28N4O4S. The molecule has 166 valence electrons. The maximum Gasteiger partial charge on any atom is 0.260 e. The number of fused-ring (bicyclic) bond motifs is 3. The third kappa shape index (κ3) is 3.80. The van der Waals surface area contributed by atoms with Crippen molar-refractivity contribution in [2.75, 3.05) is 45.4 Å². The second-order valence-electron chi connectivity index (χ2n) is 8.16. The Morgan fingerprint density at radius 2 is 1.90 bits per heavy atom. The zero-order valence-corrected chi connectivity index (χ0v) is 18.7. The smallest absolute Gasteiger partial charge is 0.260 e. The Kier molecular flexibility index (Phi) is 5.62. The molecule has 0 aliphatic carbocycles. The van der Waals surface area contributed by atoms with Gasteiger partial charge in [0.15, 0.2) is 23.2 Å². The van der Waals surface area contributed by atoms with Gasteiger partial charge in [-0.15, -0.1) is 0 Å². The molecule has 5 rings (SSSR count). The minimum absolute atomic E-state index is 0.0456. The summed E-state index contributed by atoms with van der Waals surface area (Å²) in [5.74, 6) is 1.50. The number of hydrogen-bond acceptors (Lipinski definition) is 8. The van der Waals surface area contributed by atoms with Crippen LogP contribution < -0.4 is 24.4 Å². The third-order valence-electron chi connectivity index (χ3n) is 6.40. The largest absolute Gasteiger partial charge is 0.493 e. The summed E-state index contributed by atoms with van der Waals surface area (Å²) in [5.41, 5.74) is 1.15. The fourth-order valence-electron chi connectivity index (χ4n) is 4.78. The van der Waals surface area contributed by atoms with E-state index in [-0.39, 0.29) is 12.5 Å². The number of piperazine rings is 1. The molecule has 0 saturated carbocycles. The van der Waals surface area contributed by atoms with Crippen LogP contribution in [0.15, 0.2) is 18.2 Å². The van der Waals surface area contributed by atoms with Gasteiger partial charge in [-0.25, -0.2) is 4.98 Å². The van der Waals surface area contributed by atoms with Crippen LogP contribution in [-0.2, 0) is 17.8 Å². The monoisotopic (exact) mass is 444 g/mol. The van der Waals surface area contributed by atoms with E-state index in [4.69, 9.17) is 19.2 Å². The topological polar surface area (TPSA) is 76.2 Å². The summed E-state index contributed by atoms with van der Waals surface area (Å²) in [4.78, 5) is 23.4. The molecule has 8 nitrogen and oxygen atoms in total. The molecule has 1 aromatic carbocycles. The number of hydrogen-bond donors (Lipinski definition) is 1. The number of aromatic nitrogens is 1. The number of nitrogens with one attached hydrogen (secondary N) is 1. The van der Waals surface area contributed by atoms with E-state index in [1.807, 2.05) is 11.0 Å². The highest BCUT2D eigenvalue weighted by atomic mass is 32.1. The quantitative estimate of drug-likeness (QED) is 0.731. The molecule has 2 bridgehead atoms. The molecule has 2 fully saturated rings. The lowest BCUT2D eigenvalue weighted by molar-refractivity contribution is -0.134. The van der Waals surface area contributed by atoms with Gasteiger partial charge >= 0.3 is 0 Å². The molecule has 1 N–H and O–H groups in total. The molecule has 2 saturated heterocycles. The van der Waals surface area contributed by atoms with Crippen molar-refractivity contribution < 1.29 is 19.0 Å². The average molecular weight is 445 g/mol. The first-order valence-corrected chi connectivity index (χ1v) is 11.6. The molecule has 31 heavy (non-hydrogen) atoms. The van der Waals surface area contributed by atoms with Gasteiger partial charge in [-0.05, 0) is 25.0 Å². The Morgan fingerprint density at radius 3 is 2.58 bits per heavy atom. The lowest BCUT2D eigenvalue weighted by Gasteiger charge is -2.35. The molecule has 1 amide bonds. The lowest BCUT2D eigenvalue weighted by Crippen LogP contribution is -2.51. The molecule has 2 atom stereocenters. The number of nitrogens with zero attached hydrogens (tertiary/aromatic N) is 3. The van der Waals surface area contributed by atoms with E-state index >= 15 is 0 Å². The molecule has 3 aliphatic heterocycles. The molecule has 9 heteroatoms. The summed E-state index contributed by atoms with van der Waals surface area (Å²) >= 11 is 1.75. The van der Waals surface area contributed by atoms with Crippen molar-refractivity contribution in [1.29, 1.82) is 0 Å². The number of carbonyl (C=O) groups is 1. The van der Waals surface area contributed by atoms with Crippen LogP contribution in [0.1, 0.15) is 23.4 Å². The summed E-state index contributed by atoms with van der Waals surface area (Å²) in [5, 5.41) is 4.65. The summed E-state index contributed by atoms with van der Waals surface area (Å²) < 4.78 is 16.5. The first kappa shape index (κ1) is 20.4. The SMILES string of the molecule is COc1cccc(OC)c1OCC(=O)N1CCc2nc(N3C4CCC3CNC4)sc2C1. The number of thiazole rings is 1. The maximum absolute atomic E-state index is 12.9. The van der Waals surface area contributed by atoms with Crippen LogP contribution in [0.2, 0.25) is 0 Å². The normalized spacial score (nSPS) is 22.3. The zero-order valence-electron chi connectivity index (χ0n) is 17.9. The van der Waals surface area contributed by atoms with E-state index in [1.54, 1.807) is 37.7 Å². The first-order chi connectivity index (χ1) is 15.2. The van der Waals surface area contributed by atoms with Gasteiger partial charge in [0.05, 0.1) is 26.5 Å². The van der Waals surface area contributed by atoms with Crippen molar-refractivity contribution in [3.05, 3.63) is 28.8 Å². The van der Waals surface area contributed by atoms with Crippen LogP contribution in [0.25, 0.3) is 0 Å². The van der Waals surface area contributed by atoms with Gasteiger partial charge < -0.3 is 29.3 Å². The number of ether oxygens (including phenoxy) is 3. The fraction of sp³-hybridized carbons (Fsp3) is 0.545. The standard InChI is InChI=1S/C22H28N4O4S/c1-28-17-4-3-5-18(29-2)21(17)30-13-20(27)25-9-8-16-19(12-25)31-22(24-16)26-14-6-7-15(26)11-23-10-14/h3-5,14-15,23H,6-13H2,1-2H3. The van der Waals surface area contributed by atoms with E-state index in [0.29, 0.717) is 42.4 Å². The highest BCUT2D eigenvalue weighted by Crippen LogP contribution is 2.39. The Labute approximate surface area is 186 Å².